The molecule has 1 aliphatic carbocycles. The number of rotatable bonds is 5. The average Bonchev–Trinajstić information content (AvgIpc) is 2.72. The Labute approximate surface area is 122 Å². The van der Waals surface area contributed by atoms with Crippen molar-refractivity contribution in [2.24, 2.45) is 11.8 Å². The molecule has 1 heterocycles. The molecule has 2 amide bonds. The molecule has 2 aliphatic rings. The van der Waals surface area contributed by atoms with Gasteiger partial charge in [-0.15, -0.1) is 0 Å². The van der Waals surface area contributed by atoms with Crippen LogP contribution in [-0.4, -0.2) is 35.3 Å². The minimum atomic E-state index is -0.282. The van der Waals surface area contributed by atoms with Crippen LogP contribution in [0.1, 0.15) is 59.3 Å². The van der Waals surface area contributed by atoms with Crippen LogP contribution in [0.3, 0.4) is 0 Å². The van der Waals surface area contributed by atoms with Gasteiger partial charge in [0.2, 0.25) is 11.8 Å². The average molecular weight is 280 g/mol. The number of carbonyl (C=O) groups excluding carboxylic acids is 2. The second-order valence-electron chi connectivity index (χ2n) is 6.65. The second-order valence-corrected chi connectivity index (χ2v) is 6.65. The maximum Gasteiger partial charge on any atom is 0.247 e. The molecule has 0 radical (unpaired) electrons. The Morgan fingerprint density at radius 3 is 2.50 bits per heavy atom. The minimum absolute atomic E-state index is 0.0147. The zero-order chi connectivity index (χ0) is 14.7. The minimum Gasteiger partial charge on any atom is -0.305 e. The molecule has 2 fully saturated rings. The van der Waals surface area contributed by atoms with E-state index in [-0.39, 0.29) is 23.9 Å². The van der Waals surface area contributed by atoms with Gasteiger partial charge >= 0.3 is 0 Å². The SMILES string of the molecule is CCC(C)N1C(=O)CC(NCC2CCC(C)CC2)C1=O. The van der Waals surface area contributed by atoms with Gasteiger partial charge in [0, 0.05) is 6.04 Å². The molecular formula is C16H28N2O2. The van der Waals surface area contributed by atoms with Crippen molar-refractivity contribution in [2.75, 3.05) is 6.54 Å². The van der Waals surface area contributed by atoms with E-state index in [1.54, 1.807) is 0 Å². The van der Waals surface area contributed by atoms with Gasteiger partial charge in [-0.2, -0.15) is 0 Å². The summed E-state index contributed by atoms with van der Waals surface area (Å²) in [5, 5.41) is 3.34. The first-order valence-electron chi connectivity index (χ1n) is 8.12. The monoisotopic (exact) mass is 280 g/mol. The highest BCUT2D eigenvalue weighted by Gasteiger charge is 2.40. The van der Waals surface area contributed by atoms with Crippen LogP contribution in [0.2, 0.25) is 0 Å². The quantitative estimate of drug-likeness (QED) is 0.786. The van der Waals surface area contributed by atoms with Gasteiger partial charge in [-0.25, -0.2) is 0 Å². The van der Waals surface area contributed by atoms with E-state index in [0.29, 0.717) is 12.3 Å². The molecule has 4 heteroatoms. The van der Waals surface area contributed by atoms with Crippen molar-refractivity contribution in [2.45, 2.75) is 71.4 Å². The van der Waals surface area contributed by atoms with Crippen molar-refractivity contribution in [1.29, 1.82) is 0 Å². The highest BCUT2D eigenvalue weighted by atomic mass is 16.2. The molecule has 2 unspecified atom stereocenters. The number of hydrogen-bond donors (Lipinski definition) is 1. The summed E-state index contributed by atoms with van der Waals surface area (Å²) in [7, 11) is 0. The van der Waals surface area contributed by atoms with Gasteiger partial charge in [-0.05, 0) is 44.6 Å². The second kappa shape index (κ2) is 6.70. The smallest absolute Gasteiger partial charge is 0.247 e. The Morgan fingerprint density at radius 1 is 1.25 bits per heavy atom. The largest absolute Gasteiger partial charge is 0.305 e. The Hall–Kier alpha value is -0.900. The molecule has 1 N–H and O–H groups in total. The topological polar surface area (TPSA) is 49.4 Å². The summed E-state index contributed by atoms with van der Waals surface area (Å²) < 4.78 is 0. The van der Waals surface area contributed by atoms with Crippen LogP contribution in [0, 0.1) is 11.8 Å². The van der Waals surface area contributed by atoms with Crippen LogP contribution in [0.4, 0.5) is 0 Å². The van der Waals surface area contributed by atoms with Gasteiger partial charge < -0.3 is 5.32 Å². The fourth-order valence-electron chi connectivity index (χ4n) is 3.30. The van der Waals surface area contributed by atoms with E-state index in [2.05, 4.69) is 12.2 Å². The predicted octanol–water partition coefficient (Wildman–Crippen LogP) is 2.33. The van der Waals surface area contributed by atoms with Crippen LogP contribution in [0.25, 0.3) is 0 Å². The summed E-state index contributed by atoms with van der Waals surface area (Å²) in [5.74, 6) is 1.49. The summed E-state index contributed by atoms with van der Waals surface area (Å²) in [6, 6.07) is -0.256. The maximum absolute atomic E-state index is 12.3. The molecule has 0 spiro atoms. The molecule has 2 atom stereocenters. The lowest BCUT2D eigenvalue weighted by molar-refractivity contribution is -0.141. The van der Waals surface area contributed by atoms with Gasteiger partial charge in [0.05, 0.1) is 12.5 Å². The number of likely N-dealkylation sites (tertiary alicyclic amines) is 1. The van der Waals surface area contributed by atoms with E-state index in [1.807, 2.05) is 13.8 Å². The van der Waals surface area contributed by atoms with E-state index in [9.17, 15) is 9.59 Å². The van der Waals surface area contributed by atoms with Gasteiger partial charge in [0.25, 0.3) is 0 Å². The van der Waals surface area contributed by atoms with Crippen LogP contribution >= 0.6 is 0 Å². The fourth-order valence-corrected chi connectivity index (χ4v) is 3.30. The summed E-state index contributed by atoms with van der Waals surface area (Å²) in [4.78, 5) is 25.7. The molecule has 1 saturated carbocycles. The number of nitrogens with one attached hydrogen (secondary N) is 1. The fraction of sp³-hybridized carbons (Fsp3) is 0.875. The van der Waals surface area contributed by atoms with Crippen LogP contribution in [0.5, 0.6) is 0 Å². The molecule has 4 nitrogen and oxygen atoms in total. The summed E-state index contributed by atoms with van der Waals surface area (Å²) in [6.07, 6.45) is 6.25. The van der Waals surface area contributed by atoms with Crippen molar-refractivity contribution in [3.8, 4) is 0 Å². The molecule has 114 valence electrons. The van der Waals surface area contributed by atoms with E-state index in [1.165, 1.54) is 30.6 Å². The standard InChI is InChI=1S/C16H28N2O2/c1-4-12(3)18-15(19)9-14(16(18)20)17-10-13-7-5-11(2)6-8-13/h11-14,17H,4-10H2,1-3H3. The summed E-state index contributed by atoms with van der Waals surface area (Å²) >= 11 is 0. The summed E-state index contributed by atoms with van der Waals surface area (Å²) in [6.45, 7) is 7.15. The number of carbonyl (C=O) groups is 2. The maximum atomic E-state index is 12.3. The van der Waals surface area contributed by atoms with Crippen molar-refractivity contribution in [3.05, 3.63) is 0 Å². The van der Waals surface area contributed by atoms with E-state index in [4.69, 9.17) is 0 Å². The Bertz CT molecular complexity index is 361. The normalized spacial score (nSPS) is 32.8. The van der Waals surface area contributed by atoms with Gasteiger partial charge in [-0.3, -0.25) is 14.5 Å². The third-order valence-electron chi connectivity index (χ3n) is 5.00. The van der Waals surface area contributed by atoms with Gasteiger partial charge in [0.15, 0.2) is 0 Å². The molecule has 1 aliphatic heterocycles. The molecule has 1 saturated heterocycles. The van der Waals surface area contributed by atoms with Crippen molar-refractivity contribution < 1.29 is 9.59 Å². The van der Waals surface area contributed by atoms with E-state index < -0.39 is 0 Å². The first-order chi connectivity index (χ1) is 9.52. The third kappa shape index (κ3) is 3.40. The molecule has 0 aromatic carbocycles. The van der Waals surface area contributed by atoms with Crippen molar-refractivity contribution >= 4 is 11.8 Å². The van der Waals surface area contributed by atoms with Gasteiger partial charge in [0.1, 0.15) is 0 Å². The number of amides is 2. The van der Waals surface area contributed by atoms with E-state index in [0.717, 1.165) is 18.9 Å². The molecule has 0 aromatic rings. The lowest BCUT2D eigenvalue weighted by atomic mass is 9.83. The number of hydrogen-bond acceptors (Lipinski definition) is 3. The van der Waals surface area contributed by atoms with Crippen LogP contribution < -0.4 is 5.32 Å². The Morgan fingerprint density at radius 2 is 1.90 bits per heavy atom. The molecule has 0 aromatic heterocycles. The van der Waals surface area contributed by atoms with Gasteiger partial charge in [-0.1, -0.05) is 26.7 Å². The third-order valence-corrected chi connectivity index (χ3v) is 5.00. The Kier molecular flexibility index (Phi) is 5.19. The first kappa shape index (κ1) is 15.5. The molecule has 2 rings (SSSR count). The predicted molar refractivity (Wildman–Crippen MR) is 79.1 cm³/mol. The first-order valence-corrected chi connectivity index (χ1v) is 8.12. The van der Waals surface area contributed by atoms with Crippen LogP contribution in [-0.2, 0) is 9.59 Å². The number of nitrogens with zero attached hydrogens (tertiary/aromatic N) is 1. The number of imide groups is 1. The van der Waals surface area contributed by atoms with Crippen molar-refractivity contribution in [3.63, 3.8) is 0 Å². The van der Waals surface area contributed by atoms with Crippen molar-refractivity contribution in [1.82, 2.24) is 10.2 Å². The Balaban J connectivity index is 1.82. The zero-order valence-corrected chi connectivity index (χ0v) is 13.0. The molecule has 20 heavy (non-hydrogen) atoms. The zero-order valence-electron chi connectivity index (χ0n) is 13.0. The highest BCUT2D eigenvalue weighted by Crippen LogP contribution is 2.28. The highest BCUT2D eigenvalue weighted by molar-refractivity contribution is 6.05. The lowest BCUT2D eigenvalue weighted by Crippen LogP contribution is -2.44. The van der Waals surface area contributed by atoms with Crippen LogP contribution in [0.15, 0.2) is 0 Å². The molecule has 0 bridgehead atoms. The lowest BCUT2D eigenvalue weighted by Gasteiger charge is -2.27. The van der Waals surface area contributed by atoms with E-state index >= 15 is 0 Å². The summed E-state index contributed by atoms with van der Waals surface area (Å²) in [5.41, 5.74) is 0. The molecular weight excluding hydrogens is 252 g/mol.